The van der Waals surface area contributed by atoms with E-state index < -0.39 is 42.3 Å². The van der Waals surface area contributed by atoms with Crippen molar-refractivity contribution in [1.82, 2.24) is 24.5 Å². The predicted octanol–water partition coefficient (Wildman–Crippen LogP) is 1.80. The summed E-state index contributed by atoms with van der Waals surface area (Å²) in [5.74, 6) is -2.47. The average molecular weight is 552 g/mol. The van der Waals surface area contributed by atoms with E-state index in [1.807, 2.05) is 0 Å². The first-order valence-electron chi connectivity index (χ1n) is 12.0. The summed E-state index contributed by atoms with van der Waals surface area (Å²) in [4.78, 5) is 51.8. The van der Waals surface area contributed by atoms with E-state index in [2.05, 4.69) is 19.9 Å². The fraction of sp³-hybridized carbons (Fsp3) is 0.417. The third-order valence-electron chi connectivity index (χ3n) is 6.24. The van der Waals surface area contributed by atoms with Gasteiger partial charge >= 0.3 is 6.18 Å². The number of nitrogens with one attached hydrogen (secondary N) is 1. The van der Waals surface area contributed by atoms with Gasteiger partial charge in [0.15, 0.2) is 11.6 Å². The zero-order valence-corrected chi connectivity index (χ0v) is 20.8. The molecule has 5 rings (SSSR count). The SMILES string of the molecule is C[C@@H]1COCCN1c1nc2n(c(=O)c1F)CC[C@@H](C(F)(F)F)N2CC(=O)c1cccnc1.O=c1ccnc[nH]1. The van der Waals surface area contributed by atoms with E-state index in [1.165, 1.54) is 48.0 Å². The molecule has 3 aromatic heterocycles. The molecule has 11 nitrogen and oxygen atoms in total. The summed E-state index contributed by atoms with van der Waals surface area (Å²) < 4.78 is 62.7. The highest BCUT2D eigenvalue weighted by atomic mass is 19.4. The number of aromatic amines is 1. The standard InChI is InChI=1S/C20H21F4N5O3.C4H4N2O/c1-12-11-32-8-7-27(12)17-16(21)18(31)28-6-4-15(20(22,23)24)29(19(28)26-17)10-14(30)13-3-2-5-25-9-13;7-4-1-2-5-3-6-4/h2-3,5,9,12,15H,4,6-8,10-11H2,1H3;1-3H,(H,5,6,7)/t12-,15+;/m1./s1. The van der Waals surface area contributed by atoms with Gasteiger partial charge in [-0.1, -0.05) is 0 Å². The van der Waals surface area contributed by atoms with Crippen molar-refractivity contribution < 1.29 is 27.1 Å². The molecule has 1 N–H and O–H groups in total. The highest BCUT2D eigenvalue weighted by Crippen LogP contribution is 2.35. The van der Waals surface area contributed by atoms with Crippen LogP contribution in [0.5, 0.6) is 0 Å². The molecule has 3 aromatic rings. The van der Waals surface area contributed by atoms with Crippen LogP contribution in [-0.2, 0) is 11.3 Å². The Kier molecular flexibility index (Phi) is 8.38. The minimum Gasteiger partial charge on any atom is -0.377 e. The number of aromatic nitrogens is 5. The van der Waals surface area contributed by atoms with E-state index in [-0.39, 0.29) is 55.2 Å². The summed E-state index contributed by atoms with van der Waals surface area (Å²) in [6.07, 6.45) is 0.289. The van der Waals surface area contributed by atoms with Crippen LogP contribution in [0.25, 0.3) is 0 Å². The second kappa shape index (κ2) is 11.7. The lowest BCUT2D eigenvalue weighted by molar-refractivity contribution is -0.152. The minimum atomic E-state index is -4.68. The number of halogens is 4. The molecule has 15 heteroatoms. The van der Waals surface area contributed by atoms with Crippen molar-refractivity contribution in [3.05, 3.63) is 75.2 Å². The number of nitrogens with zero attached hydrogens (tertiary/aromatic N) is 6. The number of fused-ring (bicyclic) bond motifs is 1. The summed E-state index contributed by atoms with van der Waals surface area (Å²) in [5, 5.41) is 0. The number of H-pyrrole nitrogens is 1. The van der Waals surface area contributed by atoms with E-state index in [0.717, 1.165) is 9.47 Å². The molecule has 2 aliphatic heterocycles. The van der Waals surface area contributed by atoms with Crippen molar-refractivity contribution >= 4 is 17.5 Å². The highest BCUT2D eigenvalue weighted by Gasteiger charge is 2.48. The predicted molar refractivity (Wildman–Crippen MR) is 131 cm³/mol. The van der Waals surface area contributed by atoms with Crippen LogP contribution in [0, 0.1) is 5.82 Å². The van der Waals surface area contributed by atoms with E-state index >= 15 is 0 Å². The Morgan fingerprint density at radius 1 is 1.18 bits per heavy atom. The number of ether oxygens (including phenoxy) is 1. The number of alkyl halides is 3. The van der Waals surface area contributed by atoms with Crippen molar-refractivity contribution in [2.75, 3.05) is 36.1 Å². The number of ketones is 1. The maximum Gasteiger partial charge on any atom is 0.408 e. The molecule has 0 saturated carbocycles. The summed E-state index contributed by atoms with van der Waals surface area (Å²) in [6, 6.07) is 1.92. The number of morpholine rings is 1. The van der Waals surface area contributed by atoms with Crippen molar-refractivity contribution in [2.24, 2.45) is 0 Å². The van der Waals surface area contributed by atoms with E-state index in [1.54, 1.807) is 6.92 Å². The van der Waals surface area contributed by atoms with Gasteiger partial charge in [0.2, 0.25) is 11.8 Å². The van der Waals surface area contributed by atoms with E-state index in [4.69, 9.17) is 4.74 Å². The number of carbonyl (C=O) groups excluding carboxylic acids is 1. The first-order chi connectivity index (χ1) is 18.6. The Balaban J connectivity index is 0.000000438. The van der Waals surface area contributed by atoms with Crippen LogP contribution in [-0.4, -0.2) is 74.8 Å². The lowest BCUT2D eigenvalue weighted by Gasteiger charge is -2.40. The largest absolute Gasteiger partial charge is 0.408 e. The minimum absolute atomic E-state index is 0.116. The van der Waals surface area contributed by atoms with Gasteiger partial charge in [-0.15, -0.1) is 0 Å². The number of rotatable bonds is 4. The first-order valence-corrected chi connectivity index (χ1v) is 12.0. The molecule has 0 spiro atoms. The van der Waals surface area contributed by atoms with Gasteiger partial charge in [-0.25, -0.2) is 4.98 Å². The van der Waals surface area contributed by atoms with Gasteiger partial charge < -0.3 is 19.5 Å². The normalized spacial score (nSPS) is 19.1. The average Bonchev–Trinajstić information content (AvgIpc) is 2.92. The molecule has 39 heavy (non-hydrogen) atoms. The van der Waals surface area contributed by atoms with Gasteiger partial charge in [0.25, 0.3) is 11.1 Å². The molecule has 1 fully saturated rings. The summed E-state index contributed by atoms with van der Waals surface area (Å²) in [5.41, 5.74) is -1.06. The smallest absolute Gasteiger partial charge is 0.377 e. The molecule has 0 bridgehead atoms. The zero-order valence-electron chi connectivity index (χ0n) is 20.8. The van der Waals surface area contributed by atoms with E-state index in [0.29, 0.717) is 0 Å². The topological polar surface area (TPSA) is 126 Å². The van der Waals surface area contributed by atoms with Crippen LogP contribution in [0.1, 0.15) is 23.7 Å². The summed E-state index contributed by atoms with van der Waals surface area (Å²) in [6.45, 7) is 1.43. The van der Waals surface area contributed by atoms with Crippen LogP contribution < -0.4 is 20.9 Å². The highest BCUT2D eigenvalue weighted by molar-refractivity contribution is 5.98. The van der Waals surface area contributed by atoms with E-state index in [9.17, 15) is 31.9 Å². The Hall–Kier alpha value is -4.14. The second-order valence-electron chi connectivity index (χ2n) is 8.86. The van der Waals surface area contributed by atoms with Gasteiger partial charge in [0.05, 0.1) is 32.1 Å². The van der Waals surface area contributed by atoms with Crippen LogP contribution in [0.3, 0.4) is 0 Å². The quantitative estimate of drug-likeness (QED) is 0.382. The zero-order chi connectivity index (χ0) is 28.2. The third kappa shape index (κ3) is 6.30. The maximum absolute atomic E-state index is 14.9. The molecule has 2 aliphatic rings. The Morgan fingerprint density at radius 3 is 2.56 bits per heavy atom. The van der Waals surface area contributed by atoms with Crippen molar-refractivity contribution in [1.29, 1.82) is 0 Å². The molecule has 2 atom stereocenters. The molecule has 0 amide bonds. The first kappa shape index (κ1) is 27.9. The van der Waals surface area contributed by atoms with Crippen molar-refractivity contribution in [3.63, 3.8) is 0 Å². The molecular formula is C24H25F4N7O4. The third-order valence-corrected chi connectivity index (χ3v) is 6.24. The second-order valence-corrected chi connectivity index (χ2v) is 8.86. The van der Waals surface area contributed by atoms with Gasteiger partial charge in [-0.05, 0) is 25.5 Å². The maximum atomic E-state index is 14.9. The van der Waals surface area contributed by atoms with Gasteiger partial charge in [-0.2, -0.15) is 22.5 Å². The molecule has 0 aromatic carbocycles. The van der Waals surface area contributed by atoms with Gasteiger partial charge in [-0.3, -0.25) is 23.9 Å². The molecule has 0 radical (unpaired) electrons. The van der Waals surface area contributed by atoms with Crippen molar-refractivity contribution in [2.45, 2.75) is 38.1 Å². The monoisotopic (exact) mass is 551 g/mol. The summed E-state index contributed by atoms with van der Waals surface area (Å²) in [7, 11) is 0. The Labute approximate surface area is 219 Å². The number of Topliss-reactive ketones (excluding diaryl/α,β-unsaturated/α-hetero) is 1. The summed E-state index contributed by atoms with van der Waals surface area (Å²) >= 11 is 0. The lowest BCUT2D eigenvalue weighted by Crippen LogP contribution is -2.55. The number of pyridine rings is 1. The number of carbonyl (C=O) groups is 1. The van der Waals surface area contributed by atoms with Crippen LogP contribution in [0.15, 0.2) is 52.7 Å². The molecule has 0 aliphatic carbocycles. The van der Waals surface area contributed by atoms with Crippen molar-refractivity contribution in [3.8, 4) is 0 Å². The molecule has 5 heterocycles. The van der Waals surface area contributed by atoms with Crippen LogP contribution in [0.2, 0.25) is 0 Å². The number of anilines is 2. The van der Waals surface area contributed by atoms with Crippen LogP contribution in [0.4, 0.5) is 29.3 Å². The Morgan fingerprint density at radius 2 is 1.97 bits per heavy atom. The lowest BCUT2D eigenvalue weighted by atomic mass is 10.1. The molecular weight excluding hydrogens is 526 g/mol. The number of hydrogen-bond donors (Lipinski definition) is 1. The molecule has 0 unspecified atom stereocenters. The fourth-order valence-electron chi connectivity index (χ4n) is 4.31. The fourth-order valence-corrected chi connectivity index (χ4v) is 4.31. The van der Waals surface area contributed by atoms with Crippen LogP contribution >= 0.6 is 0 Å². The Bertz CT molecular complexity index is 1400. The number of hydrogen-bond acceptors (Lipinski definition) is 9. The molecule has 208 valence electrons. The van der Waals surface area contributed by atoms with Gasteiger partial charge in [0.1, 0.15) is 6.04 Å². The van der Waals surface area contributed by atoms with Gasteiger partial charge in [0, 0.05) is 43.3 Å². The molecule has 1 saturated heterocycles.